The summed E-state index contributed by atoms with van der Waals surface area (Å²) in [5.41, 5.74) is 2.85. The molecule has 1 unspecified atom stereocenters. The molecule has 3 nitrogen and oxygen atoms in total. The second-order valence-corrected chi connectivity index (χ2v) is 8.39. The molecule has 1 aromatic rings. The highest BCUT2D eigenvalue weighted by atomic mass is 32.2. The van der Waals surface area contributed by atoms with Gasteiger partial charge in [0.2, 0.25) is 0 Å². The van der Waals surface area contributed by atoms with Crippen molar-refractivity contribution in [3.63, 3.8) is 0 Å². The van der Waals surface area contributed by atoms with E-state index in [0.29, 0.717) is 12.6 Å². The number of likely N-dealkylation sites (N-methyl/N-ethyl adjacent to an activating group) is 1. The van der Waals surface area contributed by atoms with Gasteiger partial charge in [-0.15, -0.1) is 11.8 Å². The van der Waals surface area contributed by atoms with Crippen molar-refractivity contribution in [2.45, 2.75) is 69.1 Å². The van der Waals surface area contributed by atoms with Crippen LogP contribution < -0.4 is 5.32 Å². The van der Waals surface area contributed by atoms with E-state index >= 15 is 0 Å². The first-order chi connectivity index (χ1) is 11.0. The van der Waals surface area contributed by atoms with Crippen LogP contribution in [-0.4, -0.2) is 29.9 Å². The number of benzene rings is 1. The predicted molar refractivity (Wildman–Crippen MR) is 97.1 cm³/mol. The number of thioether (sulfide) groups is 1. The maximum absolute atomic E-state index is 12.3. The summed E-state index contributed by atoms with van der Waals surface area (Å²) in [6.45, 7) is 9.67. The van der Waals surface area contributed by atoms with Gasteiger partial charge in [0.25, 0.3) is 0 Å². The Morgan fingerprint density at radius 3 is 2.74 bits per heavy atom. The van der Waals surface area contributed by atoms with Crippen molar-refractivity contribution in [3.8, 4) is 0 Å². The molecule has 128 valence electrons. The molecular weight excluding hydrogens is 306 g/mol. The Kier molecular flexibility index (Phi) is 6.54. The minimum absolute atomic E-state index is 0.123. The van der Waals surface area contributed by atoms with Crippen molar-refractivity contribution in [1.82, 2.24) is 5.32 Å². The molecule has 23 heavy (non-hydrogen) atoms. The average molecular weight is 336 g/mol. The van der Waals surface area contributed by atoms with E-state index in [1.807, 2.05) is 13.8 Å². The number of hydrogen-bond donors (Lipinski definition) is 1. The van der Waals surface area contributed by atoms with E-state index in [1.54, 1.807) is 11.8 Å². The normalized spacial score (nSPS) is 17.1. The number of ether oxygens (including phenoxy) is 1. The van der Waals surface area contributed by atoms with Crippen LogP contribution in [0.5, 0.6) is 0 Å². The molecule has 1 aromatic carbocycles. The Morgan fingerprint density at radius 2 is 2.04 bits per heavy atom. The van der Waals surface area contributed by atoms with Gasteiger partial charge < -0.3 is 10.1 Å². The third-order valence-electron chi connectivity index (χ3n) is 4.20. The van der Waals surface area contributed by atoms with Crippen molar-refractivity contribution in [3.05, 3.63) is 29.3 Å². The van der Waals surface area contributed by atoms with E-state index in [0.717, 1.165) is 37.1 Å². The third-order valence-corrected chi connectivity index (χ3v) is 5.37. The Morgan fingerprint density at radius 1 is 1.30 bits per heavy atom. The second kappa shape index (κ2) is 8.20. The number of unbranched alkanes of at least 4 members (excludes halogenated alkanes) is 1. The van der Waals surface area contributed by atoms with Crippen LogP contribution in [0.1, 0.15) is 51.7 Å². The topological polar surface area (TPSA) is 38.3 Å². The van der Waals surface area contributed by atoms with Crippen molar-refractivity contribution < 1.29 is 9.53 Å². The third kappa shape index (κ3) is 4.98. The van der Waals surface area contributed by atoms with E-state index in [1.165, 1.54) is 11.1 Å². The lowest BCUT2D eigenvalue weighted by atomic mass is 10.1. The van der Waals surface area contributed by atoms with Gasteiger partial charge in [0.15, 0.2) is 0 Å². The molecule has 0 saturated carbocycles. The fourth-order valence-corrected chi connectivity index (χ4v) is 3.98. The summed E-state index contributed by atoms with van der Waals surface area (Å²) in [6.07, 6.45) is 4.16. The number of esters is 1. The molecule has 1 N–H and O–H groups in total. The summed E-state index contributed by atoms with van der Waals surface area (Å²) < 4.78 is 4.84. The van der Waals surface area contributed by atoms with E-state index in [9.17, 15) is 4.79 Å². The van der Waals surface area contributed by atoms with Gasteiger partial charge in [0.1, 0.15) is 4.75 Å². The molecule has 1 atom stereocenters. The smallest absolute Gasteiger partial charge is 0.321 e. The average Bonchev–Trinajstić information content (AvgIpc) is 2.89. The van der Waals surface area contributed by atoms with Crippen LogP contribution in [0, 0.1) is 0 Å². The first-order valence-electron chi connectivity index (χ1n) is 8.67. The summed E-state index contributed by atoms with van der Waals surface area (Å²) >= 11 is 1.60. The summed E-state index contributed by atoms with van der Waals surface area (Å²) in [4.78, 5) is 13.4. The Labute approximate surface area is 144 Å². The number of carbonyl (C=O) groups excluding carboxylic acids is 1. The first kappa shape index (κ1) is 18.3. The quantitative estimate of drug-likeness (QED) is 0.443. The van der Waals surface area contributed by atoms with Crippen LogP contribution in [0.25, 0.3) is 0 Å². The minimum atomic E-state index is -0.554. The molecule has 0 aromatic heterocycles. The molecule has 1 aliphatic carbocycles. The zero-order valence-corrected chi connectivity index (χ0v) is 15.6. The highest BCUT2D eigenvalue weighted by Gasteiger charge is 2.31. The zero-order valence-electron chi connectivity index (χ0n) is 14.8. The van der Waals surface area contributed by atoms with E-state index < -0.39 is 4.75 Å². The highest BCUT2D eigenvalue weighted by molar-refractivity contribution is 8.01. The minimum Gasteiger partial charge on any atom is -0.465 e. The lowest BCUT2D eigenvalue weighted by Crippen LogP contribution is -2.30. The highest BCUT2D eigenvalue weighted by Crippen LogP contribution is 2.36. The number of carbonyl (C=O) groups is 1. The van der Waals surface area contributed by atoms with Gasteiger partial charge in [0.05, 0.1) is 6.61 Å². The number of nitrogens with one attached hydrogen (secondary N) is 1. The Bertz CT molecular complexity index is 542. The molecule has 1 aliphatic rings. The lowest BCUT2D eigenvalue weighted by molar-refractivity contribution is -0.145. The largest absolute Gasteiger partial charge is 0.465 e. The van der Waals surface area contributed by atoms with Crippen molar-refractivity contribution >= 4 is 17.7 Å². The van der Waals surface area contributed by atoms with Gasteiger partial charge in [-0.3, -0.25) is 4.79 Å². The van der Waals surface area contributed by atoms with Gasteiger partial charge in [-0.2, -0.15) is 0 Å². The van der Waals surface area contributed by atoms with Gasteiger partial charge in [-0.25, -0.2) is 0 Å². The molecule has 0 heterocycles. The molecular formula is C19H29NO2S. The van der Waals surface area contributed by atoms with Crippen molar-refractivity contribution in [2.75, 3.05) is 13.2 Å². The summed E-state index contributed by atoms with van der Waals surface area (Å²) in [5.74, 6) is -0.123. The standard InChI is InChI=1S/C19H29NO2S/c1-5-7-10-22-18(21)19(3,4)23-17-9-8-14-11-16(20-6-2)12-15(14)13-17/h8-9,13,16,20H,5-7,10-12H2,1-4H3. The molecule has 0 bridgehead atoms. The van der Waals surface area contributed by atoms with Crippen LogP contribution in [0.2, 0.25) is 0 Å². The molecule has 0 spiro atoms. The predicted octanol–water partition coefficient (Wildman–Crippen LogP) is 3.98. The van der Waals surface area contributed by atoms with E-state index in [-0.39, 0.29) is 5.97 Å². The number of rotatable bonds is 8. The van der Waals surface area contributed by atoms with Gasteiger partial charge in [0, 0.05) is 10.9 Å². The molecule has 0 fully saturated rings. The van der Waals surface area contributed by atoms with Crippen molar-refractivity contribution in [2.24, 2.45) is 0 Å². The SMILES string of the molecule is CCCCOC(=O)C(C)(C)Sc1ccc2c(c1)CC(NCC)C2. The van der Waals surface area contributed by atoms with Crippen LogP contribution in [0.15, 0.2) is 23.1 Å². The van der Waals surface area contributed by atoms with E-state index in [2.05, 4.69) is 37.4 Å². The van der Waals surface area contributed by atoms with Gasteiger partial charge in [-0.1, -0.05) is 26.3 Å². The molecule has 0 radical (unpaired) electrons. The summed E-state index contributed by atoms with van der Waals surface area (Å²) in [7, 11) is 0. The lowest BCUT2D eigenvalue weighted by Gasteiger charge is -2.22. The molecule has 0 saturated heterocycles. The maximum atomic E-state index is 12.3. The molecule has 0 amide bonds. The molecule has 0 aliphatic heterocycles. The Balaban J connectivity index is 1.98. The zero-order chi connectivity index (χ0) is 16.9. The number of hydrogen-bond acceptors (Lipinski definition) is 4. The maximum Gasteiger partial charge on any atom is 0.321 e. The van der Waals surface area contributed by atoms with Crippen molar-refractivity contribution in [1.29, 1.82) is 0 Å². The fraction of sp³-hybridized carbons (Fsp3) is 0.632. The fourth-order valence-electron chi connectivity index (χ4n) is 2.91. The van der Waals surface area contributed by atoms with Crippen LogP contribution >= 0.6 is 11.8 Å². The summed E-state index contributed by atoms with van der Waals surface area (Å²) in [5, 5.41) is 3.53. The molecule has 2 rings (SSSR count). The van der Waals surface area contributed by atoms with Crippen LogP contribution in [0.3, 0.4) is 0 Å². The number of fused-ring (bicyclic) bond motifs is 1. The first-order valence-corrected chi connectivity index (χ1v) is 9.49. The summed E-state index contributed by atoms with van der Waals surface area (Å²) in [6, 6.07) is 7.16. The Hall–Kier alpha value is -1.00. The van der Waals surface area contributed by atoms with Crippen LogP contribution in [0.4, 0.5) is 0 Å². The van der Waals surface area contributed by atoms with Gasteiger partial charge >= 0.3 is 5.97 Å². The van der Waals surface area contributed by atoms with Gasteiger partial charge in [-0.05, 0) is 62.9 Å². The monoisotopic (exact) mass is 335 g/mol. The van der Waals surface area contributed by atoms with E-state index in [4.69, 9.17) is 4.74 Å². The second-order valence-electron chi connectivity index (χ2n) is 6.70. The van der Waals surface area contributed by atoms with Crippen LogP contribution in [-0.2, 0) is 22.4 Å². The molecule has 4 heteroatoms.